The van der Waals surface area contributed by atoms with E-state index >= 15 is 0 Å². The second kappa shape index (κ2) is 7.48. The quantitative estimate of drug-likeness (QED) is 0.670. The van der Waals surface area contributed by atoms with E-state index in [4.69, 9.17) is 9.26 Å². The van der Waals surface area contributed by atoms with Crippen LogP contribution >= 0.6 is 0 Å². The van der Waals surface area contributed by atoms with Gasteiger partial charge in [0.1, 0.15) is 11.5 Å². The van der Waals surface area contributed by atoms with Gasteiger partial charge in [-0.15, -0.1) is 0 Å². The summed E-state index contributed by atoms with van der Waals surface area (Å²) < 4.78 is 10.5. The number of aromatic hydroxyl groups is 1. The summed E-state index contributed by atoms with van der Waals surface area (Å²) in [6.45, 7) is 0. The number of carbonyl (C=O) groups is 1. The Balaban J connectivity index is 1.60. The smallest absolute Gasteiger partial charge is 0.227 e. The Kier molecular flexibility index (Phi) is 4.94. The van der Waals surface area contributed by atoms with Crippen LogP contribution in [0.5, 0.6) is 11.5 Å². The molecule has 0 saturated heterocycles. The van der Waals surface area contributed by atoms with Gasteiger partial charge < -0.3 is 19.7 Å². The number of nitrogens with zero attached hydrogens (tertiary/aromatic N) is 2. The van der Waals surface area contributed by atoms with E-state index in [2.05, 4.69) is 15.5 Å². The predicted molar refractivity (Wildman–Crippen MR) is 91.3 cm³/mol. The second-order valence-corrected chi connectivity index (χ2v) is 5.31. The summed E-state index contributed by atoms with van der Waals surface area (Å²) in [6.07, 6.45) is 0.528. The zero-order valence-electron chi connectivity index (χ0n) is 13.6. The van der Waals surface area contributed by atoms with Gasteiger partial charge in [0.2, 0.25) is 17.6 Å². The van der Waals surface area contributed by atoms with Crippen LogP contribution in [-0.4, -0.2) is 28.3 Å². The van der Waals surface area contributed by atoms with Crippen LogP contribution in [0.1, 0.15) is 12.3 Å². The number of phenolic OH excluding ortho intramolecular Hbond substituents is 1. The first-order chi connectivity index (χ1) is 12.2. The van der Waals surface area contributed by atoms with Crippen molar-refractivity contribution in [1.29, 1.82) is 0 Å². The normalized spacial score (nSPS) is 10.4. The number of hydrogen-bond acceptors (Lipinski definition) is 6. The molecule has 1 amide bonds. The first kappa shape index (κ1) is 16.5. The van der Waals surface area contributed by atoms with E-state index in [0.29, 0.717) is 29.6 Å². The Morgan fingerprint density at radius 3 is 2.72 bits per heavy atom. The molecule has 0 radical (unpaired) electrons. The SMILES string of the molecule is COc1ccccc1-c1noc(CCC(=O)Nc2ccc(O)cc2)n1. The van der Waals surface area contributed by atoms with Gasteiger partial charge in [0, 0.05) is 18.5 Å². The van der Waals surface area contributed by atoms with E-state index in [9.17, 15) is 9.90 Å². The molecule has 1 heterocycles. The average Bonchev–Trinajstić information content (AvgIpc) is 3.11. The first-order valence-electron chi connectivity index (χ1n) is 7.70. The molecule has 3 aromatic rings. The summed E-state index contributed by atoms with van der Waals surface area (Å²) in [6, 6.07) is 13.6. The van der Waals surface area contributed by atoms with Crippen molar-refractivity contribution in [2.75, 3.05) is 12.4 Å². The predicted octanol–water partition coefficient (Wildman–Crippen LogP) is 3.02. The summed E-state index contributed by atoms with van der Waals surface area (Å²) in [7, 11) is 1.58. The molecule has 0 fully saturated rings. The third-order valence-electron chi connectivity index (χ3n) is 3.53. The largest absolute Gasteiger partial charge is 0.508 e. The number of anilines is 1. The van der Waals surface area contributed by atoms with Crippen LogP contribution in [0.3, 0.4) is 0 Å². The minimum Gasteiger partial charge on any atom is -0.508 e. The number of rotatable bonds is 6. The minimum absolute atomic E-state index is 0.146. The Labute approximate surface area is 144 Å². The van der Waals surface area contributed by atoms with Crippen molar-refractivity contribution in [3.8, 4) is 22.9 Å². The van der Waals surface area contributed by atoms with Crippen molar-refractivity contribution in [3.63, 3.8) is 0 Å². The van der Waals surface area contributed by atoms with Crippen LogP contribution in [0.25, 0.3) is 11.4 Å². The van der Waals surface area contributed by atoms with Crippen LogP contribution < -0.4 is 10.1 Å². The van der Waals surface area contributed by atoms with Gasteiger partial charge in [-0.3, -0.25) is 4.79 Å². The molecule has 128 valence electrons. The van der Waals surface area contributed by atoms with E-state index in [1.165, 1.54) is 12.1 Å². The summed E-state index contributed by atoms with van der Waals surface area (Å²) in [5.41, 5.74) is 1.34. The summed E-state index contributed by atoms with van der Waals surface area (Å²) in [5.74, 6) is 1.42. The molecule has 7 heteroatoms. The number of nitrogens with one attached hydrogen (secondary N) is 1. The Hall–Kier alpha value is -3.35. The van der Waals surface area contributed by atoms with Crippen LogP contribution in [0.2, 0.25) is 0 Å². The number of phenols is 1. The Morgan fingerprint density at radius 1 is 1.20 bits per heavy atom. The Morgan fingerprint density at radius 2 is 1.96 bits per heavy atom. The zero-order valence-corrected chi connectivity index (χ0v) is 13.6. The van der Waals surface area contributed by atoms with Gasteiger partial charge in [0.25, 0.3) is 0 Å². The van der Waals surface area contributed by atoms with Gasteiger partial charge in [-0.05, 0) is 36.4 Å². The number of aromatic nitrogens is 2. The molecule has 0 saturated carbocycles. The van der Waals surface area contributed by atoms with Gasteiger partial charge in [-0.2, -0.15) is 4.98 Å². The number of benzene rings is 2. The minimum atomic E-state index is -0.178. The molecule has 2 aromatic carbocycles. The van der Waals surface area contributed by atoms with Crippen molar-refractivity contribution in [1.82, 2.24) is 10.1 Å². The average molecular weight is 339 g/mol. The molecule has 2 N–H and O–H groups in total. The molecule has 0 unspecified atom stereocenters. The van der Waals surface area contributed by atoms with Crippen molar-refractivity contribution in [3.05, 3.63) is 54.4 Å². The van der Waals surface area contributed by atoms with Crippen molar-refractivity contribution in [2.45, 2.75) is 12.8 Å². The zero-order chi connectivity index (χ0) is 17.6. The fraction of sp³-hybridized carbons (Fsp3) is 0.167. The molecule has 0 atom stereocenters. The molecule has 7 nitrogen and oxygen atoms in total. The topological polar surface area (TPSA) is 97.5 Å². The molecule has 0 spiro atoms. The lowest BCUT2D eigenvalue weighted by atomic mass is 10.2. The van der Waals surface area contributed by atoms with Gasteiger partial charge in [0.05, 0.1) is 12.7 Å². The number of methoxy groups -OCH3 is 1. The molecular formula is C18H17N3O4. The van der Waals surface area contributed by atoms with E-state index in [1.54, 1.807) is 19.2 Å². The number of carbonyl (C=O) groups excluding carboxylic acids is 1. The summed E-state index contributed by atoms with van der Waals surface area (Å²) in [4.78, 5) is 16.3. The lowest BCUT2D eigenvalue weighted by Crippen LogP contribution is -2.12. The van der Waals surface area contributed by atoms with Crippen molar-refractivity contribution >= 4 is 11.6 Å². The standard InChI is InChI=1S/C18H17N3O4/c1-24-15-5-3-2-4-14(15)18-20-17(25-21-18)11-10-16(23)19-12-6-8-13(22)9-7-12/h2-9,22H,10-11H2,1H3,(H,19,23). The monoisotopic (exact) mass is 339 g/mol. The Bertz CT molecular complexity index is 859. The highest BCUT2D eigenvalue weighted by Crippen LogP contribution is 2.27. The molecule has 25 heavy (non-hydrogen) atoms. The number of ether oxygens (including phenoxy) is 1. The maximum absolute atomic E-state index is 12.0. The second-order valence-electron chi connectivity index (χ2n) is 5.31. The highest BCUT2D eigenvalue weighted by atomic mass is 16.5. The number of aryl methyl sites for hydroxylation is 1. The fourth-order valence-corrected chi connectivity index (χ4v) is 2.28. The third kappa shape index (κ3) is 4.14. The number of hydrogen-bond donors (Lipinski definition) is 2. The molecule has 3 rings (SSSR count). The molecule has 1 aromatic heterocycles. The molecule has 0 aliphatic carbocycles. The van der Waals surface area contributed by atoms with E-state index in [-0.39, 0.29) is 18.1 Å². The highest BCUT2D eigenvalue weighted by Gasteiger charge is 2.14. The highest BCUT2D eigenvalue weighted by molar-refractivity contribution is 5.90. The van der Waals surface area contributed by atoms with E-state index < -0.39 is 0 Å². The fourth-order valence-electron chi connectivity index (χ4n) is 2.28. The van der Waals surface area contributed by atoms with E-state index in [0.717, 1.165) is 5.56 Å². The van der Waals surface area contributed by atoms with Crippen LogP contribution in [-0.2, 0) is 11.2 Å². The lowest BCUT2D eigenvalue weighted by Gasteiger charge is -2.04. The van der Waals surface area contributed by atoms with Crippen LogP contribution in [0.4, 0.5) is 5.69 Å². The molecule has 0 aliphatic heterocycles. The van der Waals surface area contributed by atoms with E-state index in [1.807, 2.05) is 24.3 Å². The molecule has 0 bridgehead atoms. The third-order valence-corrected chi connectivity index (χ3v) is 3.53. The van der Waals surface area contributed by atoms with Gasteiger partial charge in [-0.25, -0.2) is 0 Å². The maximum Gasteiger partial charge on any atom is 0.227 e. The lowest BCUT2D eigenvalue weighted by molar-refractivity contribution is -0.116. The van der Waals surface area contributed by atoms with Gasteiger partial charge >= 0.3 is 0 Å². The van der Waals surface area contributed by atoms with Crippen LogP contribution in [0.15, 0.2) is 53.1 Å². The molecule has 0 aliphatic rings. The number of amides is 1. The van der Waals surface area contributed by atoms with Crippen LogP contribution in [0, 0.1) is 0 Å². The maximum atomic E-state index is 12.0. The summed E-state index contributed by atoms with van der Waals surface area (Å²) >= 11 is 0. The number of para-hydroxylation sites is 1. The van der Waals surface area contributed by atoms with Gasteiger partial charge in [0.15, 0.2) is 0 Å². The van der Waals surface area contributed by atoms with Crippen molar-refractivity contribution in [2.24, 2.45) is 0 Å². The van der Waals surface area contributed by atoms with Gasteiger partial charge in [-0.1, -0.05) is 17.3 Å². The van der Waals surface area contributed by atoms with Crippen molar-refractivity contribution < 1.29 is 19.2 Å². The molecular weight excluding hydrogens is 322 g/mol. The summed E-state index contributed by atoms with van der Waals surface area (Å²) in [5, 5.41) is 15.9. The first-order valence-corrected chi connectivity index (χ1v) is 7.70.